The van der Waals surface area contributed by atoms with Crippen molar-refractivity contribution in [2.45, 2.75) is 20.4 Å². The average molecular weight is 428 g/mol. The topological polar surface area (TPSA) is 86.7 Å². The summed E-state index contributed by atoms with van der Waals surface area (Å²) in [6, 6.07) is 12.1. The molecule has 2 heterocycles. The zero-order valence-electron chi connectivity index (χ0n) is 15.7. The van der Waals surface area contributed by atoms with Crippen molar-refractivity contribution >= 4 is 54.6 Å². The van der Waals surface area contributed by atoms with Gasteiger partial charge in [-0.25, -0.2) is 0 Å². The summed E-state index contributed by atoms with van der Waals surface area (Å²) < 4.78 is 9.52. The van der Waals surface area contributed by atoms with Crippen LogP contribution in [0.4, 0.5) is 5.69 Å². The molecule has 2 aromatic heterocycles. The Morgan fingerprint density at radius 2 is 2.00 bits per heavy atom. The first-order chi connectivity index (χ1) is 14.0. The second-order valence-electron chi connectivity index (χ2n) is 6.17. The Labute approximate surface area is 173 Å². The summed E-state index contributed by atoms with van der Waals surface area (Å²) in [7, 11) is 0. The molecule has 9 heteroatoms. The standard InChI is InChI=1S/C20H17N3O4S2/c1-3-22-18-14(27-4-2)6-5-7-16(18)29-20(22)21-19(24)17-11-12-10-13(23(25)26)8-9-15(12)28-17/h5-11H,3-4H2,1-2H3. The van der Waals surface area contributed by atoms with E-state index in [0.29, 0.717) is 28.2 Å². The smallest absolute Gasteiger partial charge is 0.289 e. The van der Waals surface area contributed by atoms with Gasteiger partial charge in [0, 0.05) is 28.8 Å². The molecule has 0 saturated heterocycles. The number of ether oxygens (including phenoxy) is 1. The number of amides is 1. The molecular formula is C20H17N3O4S2. The molecule has 0 unspecified atom stereocenters. The molecular weight excluding hydrogens is 410 g/mol. The van der Waals surface area contributed by atoms with Crippen molar-refractivity contribution in [1.29, 1.82) is 0 Å². The number of aryl methyl sites for hydroxylation is 1. The molecule has 1 amide bonds. The Hall–Kier alpha value is -3.04. The minimum Gasteiger partial charge on any atom is -0.492 e. The molecule has 7 nitrogen and oxygen atoms in total. The van der Waals surface area contributed by atoms with Crippen molar-refractivity contribution in [2.75, 3.05) is 6.61 Å². The number of nitro groups is 1. The minimum absolute atomic E-state index is 0.00280. The molecule has 0 aliphatic carbocycles. The molecule has 4 rings (SSSR count). The normalized spacial score (nSPS) is 12.0. The van der Waals surface area contributed by atoms with E-state index in [4.69, 9.17) is 4.74 Å². The number of nitrogens with zero attached hydrogens (tertiary/aromatic N) is 3. The predicted octanol–water partition coefficient (Wildman–Crippen LogP) is 4.99. The Balaban J connectivity index is 1.80. The van der Waals surface area contributed by atoms with Crippen LogP contribution < -0.4 is 9.54 Å². The lowest BCUT2D eigenvalue weighted by atomic mass is 10.2. The van der Waals surface area contributed by atoms with Crippen LogP contribution in [-0.2, 0) is 6.54 Å². The van der Waals surface area contributed by atoms with Gasteiger partial charge in [-0.3, -0.25) is 14.9 Å². The molecule has 2 aromatic carbocycles. The highest BCUT2D eigenvalue weighted by molar-refractivity contribution is 7.21. The lowest BCUT2D eigenvalue weighted by Gasteiger charge is -2.07. The van der Waals surface area contributed by atoms with Crippen LogP contribution in [0.15, 0.2) is 47.5 Å². The van der Waals surface area contributed by atoms with Gasteiger partial charge >= 0.3 is 0 Å². The van der Waals surface area contributed by atoms with Crippen molar-refractivity contribution in [3.05, 3.63) is 62.3 Å². The van der Waals surface area contributed by atoms with Crippen LogP contribution in [0.3, 0.4) is 0 Å². The summed E-state index contributed by atoms with van der Waals surface area (Å²) in [5, 5.41) is 11.6. The van der Waals surface area contributed by atoms with Crippen molar-refractivity contribution in [2.24, 2.45) is 4.99 Å². The van der Waals surface area contributed by atoms with E-state index < -0.39 is 4.92 Å². The van der Waals surface area contributed by atoms with Crippen molar-refractivity contribution < 1.29 is 14.5 Å². The van der Waals surface area contributed by atoms with Gasteiger partial charge in [0.2, 0.25) is 0 Å². The van der Waals surface area contributed by atoms with Gasteiger partial charge in [-0.1, -0.05) is 17.4 Å². The van der Waals surface area contributed by atoms with Crippen LogP contribution in [0, 0.1) is 10.1 Å². The van der Waals surface area contributed by atoms with Crippen LogP contribution in [0.1, 0.15) is 23.5 Å². The van der Waals surface area contributed by atoms with Crippen LogP contribution in [0.25, 0.3) is 20.3 Å². The molecule has 0 aliphatic heterocycles. The number of hydrogen-bond donors (Lipinski definition) is 0. The zero-order valence-corrected chi connectivity index (χ0v) is 17.4. The number of thiazole rings is 1. The van der Waals surface area contributed by atoms with E-state index >= 15 is 0 Å². The summed E-state index contributed by atoms with van der Waals surface area (Å²) in [5.41, 5.74) is 0.934. The number of fused-ring (bicyclic) bond motifs is 2. The van der Waals surface area contributed by atoms with Crippen molar-refractivity contribution in [3.63, 3.8) is 0 Å². The summed E-state index contributed by atoms with van der Waals surface area (Å²) in [5.74, 6) is 0.409. The van der Waals surface area contributed by atoms with E-state index in [1.807, 2.05) is 36.6 Å². The maximum absolute atomic E-state index is 12.8. The van der Waals surface area contributed by atoms with Gasteiger partial charge in [0.05, 0.1) is 21.1 Å². The minimum atomic E-state index is -0.444. The number of non-ortho nitro benzene ring substituents is 1. The number of aromatic nitrogens is 1. The van der Waals surface area contributed by atoms with Gasteiger partial charge < -0.3 is 9.30 Å². The van der Waals surface area contributed by atoms with E-state index in [0.717, 1.165) is 20.7 Å². The molecule has 0 bridgehead atoms. The monoisotopic (exact) mass is 427 g/mol. The zero-order chi connectivity index (χ0) is 20.5. The van der Waals surface area contributed by atoms with E-state index in [1.54, 1.807) is 12.1 Å². The molecule has 0 atom stereocenters. The summed E-state index contributed by atoms with van der Waals surface area (Å²) in [6.45, 7) is 5.13. The number of para-hydroxylation sites is 1. The van der Waals surface area contributed by atoms with E-state index in [-0.39, 0.29) is 11.6 Å². The summed E-state index contributed by atoms with van der Waals surface area (Å²) >= 11 is 2.72. The van der Waals surface area contributed by atoms with Gasteiger partial charge in [-0.2, -0.15) is 4.99 Å². The Morgan fingerprint density at radius 1 is 1.17 bits per heavy atom. The highest BCUT2D eigenvalue weighted by Gasteiger charge is 2.15. The van der Waals surface area contributed by atoms with Crippen molar-refractivity contribution in [3.8, 4) is 5.75 Å². The van der Waals surface area contributed by atoms with E-state index in [1.165, 1.54) is 34.8 Å². The van der Waals surface area contributed by atoms with E-state index in [9.17, 15) is 14.9 Å². The van der Waals surface area contributed by atoms with Gasteiger partial charge in [0.25, 0.3) is 11.6 Å². The van der Waals surface area contributed by atoms with Gasteiger partial charge in [-0.15, -0.1) is 11.3 Å². The Kier molecular flexibility index (Phi) is 5.16. The lowest BCUT2D eigenvalue weighted by molar-refractivity contribution is -0.384. The van der Waals surface area contributed by atoms with Gasteiger partial charge in [-0.05, 0) is 38.1 Å². The van der Waals surface area contributed by atoms with Crippen LogP contribution in [-0.4, -0.2) is 22.0 Å². The Bertz CT molecular complexity index is 1320. The number of benzene rings is 2. The maximum atomic E-state index is 12.8. The molecule has 29 heavy (non-hydrogen) atoms. The highest BCUT2D eigenvalue weighted by atomic mass is 32.1. The van der Waals surface area contributed by atoms with Crippen molar-refractivity contribution in [1.82, 2.24) is 4.57 Å². The number of carbonyl (C=O) groups is 1. The summed E-state index contributed by atoms with van der Waals surface area (Å²) in [6.07, 6.45) is 0. The largest absolute Gasteiger partial charge is 0.492 e. The molecule has 0 fully saturated rings. The van der Waals surface area contributed by atoms with Crippen LogP contribution in [0.2, 0.25) is 0 Å². The molecule has 0 spiro atoms. The average Bonchev–Trinajstić information content (AvgIpc) is 3.28. The number of carbonyl (C=O) groups excluding carboxylic acids is 1. The molecule has 0 radical (unpaired) electrons. The number of nitro benzene ring substituents is 1. The predicted molar refractivity (Wildman–Crippen MR) is 115 cm³/mol. The second-order valence-corrected chi connectivity index (χ2v) is 8.26. The SMILES string of the molecule is CCOc1cccc2sc(=NC(=O)c3cc4cc([N+](=O)[O-])ccc4s3)n(CC)c12. The quantitative estimate of drug-likeness (QED) is 0.332. The fraction of sp³-hybridized carbons (Fsp3) is 0.200. The maximum Gasteiger partial charge on any atom is 0.289 e. The molecule has 0 saturated carbocycles. The van der Waals surface area contributed by atoms with Gasteiger partial charge in [0.15, 0.2) is 4.80 Å². The second kappa shape index (κ2) is 7.76. The third-order valence-corrected chi connectivity index (χ3v) is 6.55. The fourth-order valence-electron chi connectivity index (χ4n) is 3.14. The first-order valence-electron chi connectivity index (χ1n) is 9.04. The first kappa shape index (κ1) is 19.3. The van der Waals surface area contributed by atoms with Crippen LogP contribution in [0.5, 0.6) is 5.75 Å². The van der Waals surface area contributed by atoms with E-state index in [2.05, 4.69) is 4.99 Å². The Morgan fingerprint density at radius 3 is 2.72 bits per heavy atom. The third-order valence-electron chi connectivity index (χ3n) is 4.40. The highest BCUT2D eigenvalue weighted by Crippen LogP contribution is 2.30. The molecule has 148 valence electrons. The lowest BCUT2D eigenvalue weighted by Crippen LogP contribution is -2.16. The van der Waals surface area contributed by atoms with Crippen LogP contribution >= 0.6 is 22.7 Å². The number of thiophene rings is 1. The summed E-state index contributed by atoms with van der Waals surface area (Å²) in [4.78, 5) is 28.8. The fourth-order valence-corrected chi connectivity index (χ4v) is 5.18. The van der Waals surface area contributed by atoms with Gasteiger partial charge in [0.1, 0.15) is 11.3 Å². The molecule has 4 aromatic rings. The third kappa shape index (κ3) is 3.54. The first-order valence-corrected chi connectivity index (χ1v) is 10.7. The number of hydrogen-bond acceptors (Lipinski definition) is 6. The molecule has 0 aliphatic rings. The number of rotatable bonds is 5. The molecule has 0 N–H and O–H groups in total.